The maximum absolute atomic E-state index is 10.2. The van der Waals surface area contributed by atoms with Gasteiger partial charge in [0.15, 0.2) is 0 Å². The molecule has 0 aromatic heterocycles. The van der Waals surface area contributed by atoms with Gasteiger partial charge in [-0.25, -0.2) is 0 Å². The molecule has 3 rings (SSSR count). The van der Waals surface area contributed by atoms with Crippen molar-refractivity contribution in [3.63, 3.8) is 0 Å². The number of aliphatic hydroxyl groups excluding tert-OH is 1. The lowest BCUT2D eigenvalue weighted by atomic mass is 9.96. The summed E-state index contributed by atoms with van der Waals surface area (Å²) in [7, 11) is 0. The van der Waals surface area contributed by atoms with Crippen LogP contribution in [-0.4, -0.2) is 56.6 Å². The molecule has 0 amide bonds. The van der Waals surface area contributed by atoms with E-state index >= 15 is 0 Å². The molecule has 1 fully saturated rings. The van der Waals surface area contributed by atoms with Crippen LogP contribution >= 0.6 is 0 Å². The molecule has 1 heterocycles. The number of quaternary nitrogens is 2. The predicted molar refractivity (Wildman–Crippen MR) is 108 cm³/mol. The normalized spacial score (nSPS) is 21.5. The number of hydrogen-bond acceptors (Lipinski definition) is 2. The Bertz CT molecular complexity index is 615. The first-order valence-corrected chi connectivity index (χ1v) is 10.2. The number of nitrogens with one attached hydrogen (secondary N) is 2. The lowest BCUT2D eigenvalue weighted by Crippen LogP contribution is -3.28. The van der Waals surface area contributed by atoms with Gasteiger partial charge in [0.05, 0.1) is 12.7 Å². The van der Waals surface area contributed by atoms with Gasteiger partial charge in [-0.15, -0.1) is 0 Å². The number of piperazine rings is 1. The lowest BCUT2D eigenvalue weighted by molar-refractivity contribution is -1.02. The van der Waals surface area contributed by atoms with Crippen LogP contribution in [0.5, 0.6) is 0 Å². The van der Waals surface area contributed by atoms with Gasteiger partial charge in [0.1, 0.15) is 44.9 Å². The van der Waals surface area contributed by atoms with Crippen LogP contribution in [0.1, 0.15) is 31.0 Å². The summed E-state index contributed by atoms with van der Waals surface area (Å²) >= 11 is 0. The van der Waals surface area contributed by atoms with Gasteiger partial charge in [0, 0.05) is 11.1 Å². The Morgan fingerprint density at radius 1 is 0.852 bits per heavy atom. The van der Waals surface area contributed by atoms with E-state index in [0.717, 1.165) is 32.7 Å². The summed E-state index contributed by atoms with van der Waals surface area (Å²) in [6.45, 7) is 9.64. The second-order valence-electron chi connectivity index (χ2n) is 7.90. The molecule has 0 radical (unpaired) electrons. The molecule has 2 aromatic rings. The molecule has 4 nitrogen and oxygen atoms in total. The number of hydrogen-bond donors (Lipinski definition) is 3. The number of ether oxygens (including phenoxy) is 1. The summed E-state index contributed by atoms with van der Waals surface area (Å²) in [6, 6.07) is 22.1. The van der Waals surface area contributed by atoms with E-state index in [2.05, 4.69) is 60.7 Å². The molecule has 27 heavy (non-hydrogen) atoms. The van der Waals surface area contributed by atoms with E-state index in [1.807, 2.05) is 13.8 Å². The zero-order valence-electron chi connectivity index (χ0n) is 16.6. The van der Waals surface area contributed by atoms with E-state index in [1.165, 1.54) is 16.0 Å². The smallest absolute Gasteiger partial charge is 0.139 e. The van der Waals surface area contributed by atoms with Gasteiger partial charge in [0.2, 0.25) is 0 Å². The highest BCUT2D eigenvalue weighted by Crippen LogP contribution is 2.18. The quantitative estimate of drug-likeness (QED) is 0.627. The van der Waals surface area contributed by atoms with Crippen LogP contribution in [-0.2, 0) is 4.74 Å². The van der Waals surface area contributed by atoms with Crippen LogP contribution in [0.4, 0.5) is 0 Å². The summed E-state index contributed by atoms with van der Waals surface area (Å²) < 4.78 is 5.55. The highest BCUT2D eigenvalue weighted by Gasteiger charge is 2.32. The molecule has 146 valence electrons. The third kappa shape index (κ3) is 5.88. The maximum atomic E-state index is 10.2. The molecule has 1 aliphatic heterocycles. The number of rotatable bonds is 8. The third-order valence-electron chi connectivity index (χ3n) is 5.42. The summed E-state index contributed by atoms with van der Waals surface area (Å²) in [5, 5.41) is 10.2. The minimum Gasteiger partial charge on any atom is -0.385 e. The first-order chi connectivity index (χ1) is 13.1. The molecule has 1 saturated heterocycles. The van der Waals surface area contributed by atoms with Crippen LogP contribution < -0.4 is 9.80 Å². The Morgan fingerprint density at radius 3 is 1.85 bits per heavy atom. The van der Waals surface area contributed by atoms with Crippen LogP contribution in [0.3, 0.4) is 0 Å². The van der Waals surface area contributed by atoms with Crippen molar-refractivity contribution in [1.29, 1.82) is 0 Å². The fourth-order valence-electron chi connectivity index (χ4n) is 4.07. The molecule has 1 atom stereocenters. The van der Waals surface area contributed by atoms with E-state index in [1.54, 1.807) is 4.90 Å². The Morgan fingerprint density at radius 2 is 1.37 bits per heavy atom. The van der Waals surface area contributed by atoms with E-state index in [4.69, 9.17) is 4.74 Å². The molecule has 0 unspecified atom stereocenters. The Balaban J connectivity index is 1.62. The Labute approximate surface area is 163 Å². The summed E-state index contributed by atoms with van der Waals surface area (Å²) in [5.74, 6) is 0. The topological polar surface area (TPSA) is 38.3 Å². The molecule has 0 aliphatic carbocycles. The molecule has 1 aliphatic rings. The SMILES string of the molecule is CC(C)OC[C@H](O)C[NH+]1CC[NH+](C(c2ccccc2)c2ccccc2)CC1. The van der Waals surface area contributed by atoms with Gasteiger partial charge < -0.3 is 19.6 Å². The van der Waals surface area contributed by atoms with Crippen molar-refractivity contribution in [1.82, 2.24) is 0 Å². The first-order valence-electron chi connectivity index (χ1n) is 10.2. The second kappa shape index (κ2) is 10.00. The zero-order valence-corrected chi connectivity index (χ0v) is 16.6. The van der Waals surface area contributed by atoms with Crippen LogP contribution in [0.15, 0.2) is 60.7 Å². The fraction of sp³-hybridized carbons (Fsp3) is 0.478. The largest absolute Gasteiger partial charge is 0.385 e. The van der Waals surface area contributed by atoms with Gasteiger partial charge in [0.25, 0.3) is 0 Å². The van der Waals surface area contributed by atoms with E-state index in [0.29, 0.717) is 12.6 Å². The third-order valence-corrected chi connectivity index (χ3v) is 5.42. The van der Waals surface area contributed by atoms with Crippen molar-refractivity contribution in [3.05, 3.63) is 71.8 Å². The van der Waals surface area contributed by atoms with Gasteiger partial charge in [-0.3, -0.25) is 0 Å². The summed E-state index contributed by atoms with van der Waals surface area (Å²) in [4.78, 5) is 3.10. The number of aliphatic hydroxyl groups is 1. The van der Waals surface area contributed by atoms with Crippen molar-refractivity contribution in [2.45, 2.75) is 32.1 Å². The number of benzene rings is 2. The molecule has 4 heteroatoms. The van der Waals surface area contributed by atoms with Crippen molar-refractivity contribution < 1.29 is 19.6 Å². The second-order valence-corrected chi connectivity index (χ2v) is 7.90. The predicted octanol–water partition coefficient (Wildman–Crippen LogP) is 0.345. The maximum Gasteiger partial charge on any atom is 0.139 e. The summed E-state index contributed by atoms with van der Waals surface area (Å²) in [6.07, 6.45) is -0.198. The minimum absolute atomic E-state index is 0.174. The minimum atomic E-state index is -0.372. The standard InChI is InChI=1S/C23H32N2O2/c1-19(2)27-18-22(26)17-24-13-15-25(16-14-24)23(20-9-5-3-6-10-20)21-11-7-4-8-12-21/h3-12,19,22-23,26H,13-18H2,1-2H3/p+2/t22-/m1/s1. The van der Waals surface area contributed by atoms with Crippen LogP contribution in [0.2, 0.25) is 0 Å². The van der Waals surface area contributed by atoms with Gasteiger partial charge in [-0.2, -0.15) is 0 Å². The Hall–Kier alpha value is -1.72. The van der Waals surface area contributed by atoms with Crippen LogP contribution in [0, 0.1) is 0 Å². The molecule has 0 saturated carbocycles. The first kappa shape index (κ1) is 20.0. The molecule has 0 spiro atoms. The zero-order chi connectivity index (χ0) is 19.1. The molecular weight excluding hydrogens is 336 g/mol. The van der Waals surface area contributed by atoms with E-state index in [9.17, 15) is 5.11 Å². The average molecular weight is 371 g/mol. The monoisotopic (exact) mass is 370 g/mol. The molecule has 3 N–H and O–H groups in total. The molecule has 0 bridgehead atoms. The highest BCUT2D eigenvalue weighted by molar-refractivity contribution is 5.29. The van der Waals surface area contributed by atoms with E-state index in [-0.39, 0.29) is 12.2 Å². The molecule has 2 aromatic carbocycles. The Kier molecular flexibility index (Phi) is 7.41. The fourth-order valence-corrected chi connectivity index (χ4v) is 4.07. The van der Waals surface area contributed by atoms with Crippen molar-refractivity contribution >= 4 is 0 Å². The summed E-state index contributed by atoms with van der Waals surface area (Å²) in [5.41, 5.74) is 2.76. The van der Waals surface area contributed by atoms with Gasteiger partial charge in [-0.05, 0) is 13.8 Å². The van der Waals surface area contributed by atoms with Crippen molar-refractivity contribution in [3.8, 4) is 0 Å². The van der Waals surface area contributed by atoms with Crippen molar-refractivity contribution in [2.75, 3.05) is 39.3 Å². The van der Waals surface area contributed by atoms with Gasteiger partial charge in [-0.1, -0.05) is 60.7 Å². The highest BCUT2D eigenvalue weighted by atomic mass is 16.5. The van der Waals surface area contributed by atoms with E-state index < -0.39 is 0 Å². The van der Waals surface area contributed by atoms with Crippen LogP contribution in [0.25, 0.3) is 0 Å². The van der Waals surface area contributed by atoms with Gasteiger partial charge >= 0.3 is 0 Å². The van der Waals surface area contributed by atoms with Crippen molar-refractivity contribution in [2.24, 2.45) is 0 Å². The average Bonchev–Trinajstić information content (AvgIpc) is 2.70. The molecular formula is C23H34N2O2+2. The lowest BCUT2D eigenvalue weighted by Gasteiger charge is -2.35.